The first-order chi connectivity index (χ1) is 21.0. The molecule has 228 valence electrons. The van der Waals surface area contributed by atoms with Crippen molar-refractivity contribution in [3.63, 3.8) is 0 Å². The van der Waals surface area contributed by atoms with Crippen LogP contribution in [-0.2, 0) is 11.6 Å². The Bertz CT molecular complexity index is 1770. The van der Waals surface area contributed by atoms with Crippen LogP contribution in [0.4, 0.5) is 13.2 Å². The zero-order valence-corrected chi connectivity index (χ0v) is 24.6. The highest BCUT2D eigenvalue weighted by Crippen LogP contribution is 2.58. The molecule has 0 amide bonds. The Morgan fingerprint density at radius 1 is 0.977 bits per heavy atom. The van der Waals surface area contributed by atoms with Gasteiger partial charge in [0.2, 0.25) is 11.7 Å². The maximum absolute atomic E-state index is 13.5. The van der Waals surface area contributed by atoms with E-state index >= 15 is 0 Å². The molecule has 1 aromatic carbocycles. The smallest absolute Gasteiger partial charge is 0.416 e. The van der Waals surface area contributed by atoms with Crippen molar-refractivity contribution >= 4 is 35.2 Å². The molecule has 0 aliphatic heterocycles. The summed E-state index contributed by atoms with van der Waals surface area (Å²) >= 11 is 12.9. The van der Waals surface area contributed by atoms with Gasteiger partial charge in [0.15, 0.2) is 0 Å². The van der Waals surface area contributed by atoms with Crippen molar-refractivity contribution in [1.82, 2.24) is 20.3 Å². The van der Waals surface area contributed by atoms with Gasteiger partial charge in [0.05, 0.1) is 21.2 Å². The average Bonchev–Trinajstić information content (AvgIpc) is 3.56. The average molecular weight is 645 g/mol. The van der Waals surface area contributed by atoms with Gasteiger partial charge in [-0.25, -0.2) is 4.79 Å². The number of benzene rings is 1. The van der Waals surface area contributed by atoms with Gasteiger partial charge in [-0.05, 0) is 75.0 Å². The summed E-state index contributed by atoms with van der Waals surface area (Å²) < 4.78 is 51.8. The van der Waals surface area contributed by atoms with Crippen molar-refractivity contribution in [3.8, 4) is 22.6 Å². The summed E-state index contributed by atoms with van der Waals surface area (Å²) in [4.78, 5) is 20.0. The first-order valence-electron chi connectivity index (χ1n) is 14.3. The monoisotopic (exact) mass is 644 g/mol. The molecule has 1 N–H and O–H groups in total. The molecule has 8 rings (SSSR count). The lowest BCUT2D eigenvalue weighted by Gasteiger charge is -2.50. The lowest BCUT2D eigenvalue weighted by molar-refractivity contribution is -0.137. The Morgan fingerprint density at radius 3 is 2.27 bits per heavy atom. The number of rotatable bonds is 7. The SMILES string of the molecule is O=C(O)c1cc(-c2noc(C34CCC(/C=C/c5c(-c6c(Cl)cncc6Cl)noc5C5CC5)(CC3)CC4)n2)cc(C(F)(F)F)c1. The third kappa shape index (κ3) is 5.09. The minimum atomic E-state index is -4.72. The summed E-state index contributed by atoms with van der Waals surface area (Å²) in [6, 6.07) is 2.57. The molecule has 0 spiro atoms. The van der Waals surface area contributed by atoms with E-state index in [1.54, 1.807) is 0 Å². The molecular formula is C31H25Cl2F3N4O4. The van der Waals surface area contributed by atoms with Crippen LogP contribution in [0, 0.1) is 5.41 Å². The zero-order chi connectivity index (χ0) is 30.9. The number of halogens is 5. The van der Waals surface area contributed by atoms with E-state index in [-0.39, 0.29) is 16.8 Å². The first-order valence-corrected chi connectivity index (χ1v) is 15.0. The third-order valence-corrected chi connectivity index (χ3v) is 9.92. The van der Waals surface area contributed by atoms with Crippen LogP contribution in [0.25, 0.3) is 28.7 Å². The molecular weight excluding hydrogens is 620 g/mol. The quantitative estimate of drug-likeness (QED) is 0.212. The number of carboxylic acids is 1. The largest absolute Gasteiger partial charge is 0.478 e. The number of fused-ring (bicyclic) bond motifs is 3. The van der Waals surface area contributed by atoms with Gasteiger partial charge < -0.3 is 14.2 Å². The molecule has 2 bridgehead atoms. The summed E-state index contributed by atoms with van der Waals surface area (Å²) in [6.45, 7) is 0. The van der Waals surface area contributed by atoms with Gasteiger partial charge in [-0.3, -0.25) is 4.98 Å². The molecule has 0 atom stereocenters. The second-order valence-corrected chi connectivity index (χ2v) is 12.9. The van der Waals surface area contributed by atoms with Crippen LogP contribution in [0.5, 0.6) is 0 Å². The number of hydrogen-bond donors (Lipinski definition) is 1. The molecule has 44 heavy (non-hydrogen) atoms. The molecule has 13 heteroatoms. The van der Waals surface area contributed by atoms with Crippen molar-refractivity contribution in [1.29, 1.82) is 0 Å². The first kappa shape index (κ1) is 29.0. The Labute approximate surface area is 259 Å². The standard InChI is InChI=1S/C31H25Cl2F3N4O4/c32-21-14-37-15-22(33)23(21)24-20(25(43-39-24)16-1-2-16)3-4-29-5-8-30(9-6-29,10-7-29)28-38-26(40-44-28)17-11-18(27(41)42)13-19(12-17)31(34,35)36/h3-4,11-16H,1-2,5-10H2,(H,41,42)/b4-3+. The minimum Gasteiger partial charge on any atom is -0.478 e. The van der Waals surface area contributed by atoms with Crippen molar-refractivity contribution in [3.05, 3.63) is 75.1 Å². The molecule has 3 aromatic heterocycles. The molecule has 8 nitrogen and oxygen atoms in total. The zero-order valence-electron chi connectivity index (χ0n) is 23.1. The Hall–Kier alpha value is -3.70. The van der Waals surface area contributed by atoms with Crippen LogP contribution >= 0.6 is 23.2 Å². The summed E-state index contributed by atoms with van der Waals surface area (Å²) in [5, 5.41) is 18.5. The van der Waals surface area contributed by atoms with Gasteiger partial charge in [-0.2, -0.15) is 18.2 Å². The van der Waals surface area contributed by atoms with Gasteiger partial charge in [0.1, 0.15) is 11.5 Å². The summed E-state index contributed by atoms with van der Waals surface area (Å²) in [5.41, 5.74) is -0.0388. The molecule has 4 saturated carbocycles. The van der Waals surface area contributed by atoms with Crippen molar-refractivity contribution < 1.29 is 32.1 Å². The fourth-order valence-electron chi connectivity index (χ4n) is 6.57. The highest BCUT2D eigenvalue weighted by Gasteiger charge is 2.51. The van der Waals surface area contributed by atoms with Crippen molar-refractivity contribution in [2.24, 2.45) is 5.41 Å². The number of alkyl halides is 3. The molecule has 4 aliphatic rings. The van der Waals surface area contributed by atoms with E-state index in [4.69, 9.17) is 32.2 Å². The second-order valence-electron chi connectivity index (χ2n) is 12.1. The molecule has 4 aliphatic carbocycles. The fourth-order valence-corrected chi connectivity index (χ4v) is 7.12. The number of nitrogens with zero attached hydrogens (tertiary/aromatic N) is 4. The number of aromatic nitrogens is 4. The number of hydrogen-bond acceptors (Lipinski definition) is 7. The highest BCUT2D eigenvalue weighted by molar-refractivity contribution is 6.39. The van der Waals surface area contributed by atoms with E-state index < -0.39 is 28.7 Å². The van der Waals surface area contributed by atoms with Crippen molar-refractivity contribution in [2.75, 3.05) is 0 Å². The maximum atomic E-state index is 13.5. The van der Waals surface area contributed by atoms with E-state index in [9.17, 15) is 23.1 Å². The summed E-state index contributed by atoms with van der Waals surface area (Å²) in [6.07, 6.45) is 9.57. The minimum absolute atomic E-state index is 0.0575. The second kappa shape index (κ2) is 10.4. The van der Waals surface area contributed by atoms with Gasteiger partial charge >= 0.3 is 12.1 Å². The van der Waals surface area contributed by atoms with Gasteiger partial charge in [0, 0.05) is 40.4 Å². The summed E-state index contributed by atoms with van der Waals surface area (Å²) in [7, 11) is 0. The normalized spacial score (nSPS) is 23.5. The molecule has 3 heterocycles. The van der Waals surface area contributed by atoms with Crippen LogP contribution in [0.15, 0.2) is 45.7 Å². The Morgan fingerprint density at radius 2 is 1.66 bits per heavy atom. The molecule has 0 radical (unpaired) electrons. The van der Waals surface area contributed by atoms with E-state index in [2.05, 4.69) is 32.4 Å². The topological polar surface area (TPSA) is 115 Å². The van der Waals surface area contributed by atoms with Crippen LogP contribution in [0.1, 0.15) is 90.4 Å². The number of allylic oxidation sites excluding steroid dienone is 1. The van der Waals surface area contributed by atoms with Gasteiger partial charge in [0.25, 0.3) is 0 Å². The maximum Gasteiger partial charge on any atom is 0.416 e. The van der Waals surface area contributed by atoms with E-state index in [0.29, 0.717) is 39.2 Å². The Kier molecular flexibility index (Phi) is 6.89. The number of carbonyl (C=O) groups is 1. The molecule has 0 saturated heterocycles. The third-order valence-electron chi connectivity index (χ3n) is 9.35. The lowest BCUT2D eigenvalue weighted by Crippen LogP contribution is -2.43. The van der Waals surface area contributed by atoms with Crippen molar-refractivity contribution in [2.45, 2.75) is 68.9 Å². The van der Waals surface area contributed by atoms with Gasteiger partial charge in [-0.15, -0.1) is 0 Å². The van der Waals surface area contributed by atoms with E-state index in [1.165, 1.54) is 12.4 Å². The number of aromatic carboxylic acids is 1. The molecule has 4 fully saturated rings. The highest BCUT2D eigenvalue weighted by atomic mass is 35.5. The lowest BCUT2D eigenvalue weighted by atomic mass is 9.53. The summed E-state index contributed by atoms with van der Waals surface area (Å²) in [5.74, 6) is -0.0206. The van der Waals surface area contributed by atoms with Gasteiger partial charge in [-0.1, -0.05) is 45.7 Å². The van der Waals surface area contributed by atoms with E-state index in [0.717, 1.165) is 74.8 Å². The van der Waals surface area contributed by atoms with Crippen LogP contribution in [0.2, 0.25) is 10.0 Å². The number of carboxylic acid groups (broad SMARTS) is 1. The van der Waals surface area contributed by atoms with Crippen LogP contribution in [-0.4, -0.2) is 31.4 Å². The Balaban J connectivity index is 1.14. The molecule has 4 aromatic rings. The van der Waals surface area contributed by atoms with Crippen LogP contribution < -0.4 is 0 Å². The molecule has 0 unspecified atom stereocenters. The van der Waals surface area contributed by atoms with Crippen LogP contribution in [0.3, 0.4) is 0 Å². The predicted octanol–water partition coefficient (Wildman–Crippen LogP) is 8.99. The number of pyridine rings is 1. The fraction of sp³-hybridized carbons (Fsp3) is 0.387. The predicted molar refractivity (Wildman–Crippen MR) is 154 cm³/mol. The van der Waals surface area contributed by atoms with E-state index in [1.807, 2.05) is 0 Å².